The van der Waals surface area contributed by atoms with Gasteiger partial charge in [0.1, 0.15) is 5.04 Å². The fraction of sp³-hybridized carbons (Fsp3) is 0.400. The van der Waals surface area contributed by atoms with Crippen molar-refractivity contribution in [3.63, 3.8) is 0 Å². The normalized spacial score (nSPS) is 27.5. The minimum atomic E-state index is -0.901. The molecule has 0 aliphatic carbocycles. The van der Waals surface area contributed by atoms with E-state index in [4.69, 9.17) is 0 Å². The standard InChI is InChI=1S/C5H7NOS/c1-4-3-6-5(2)8(4)7/h3H,1-2H3. The van der Waals surface area contributed by atoms with Crippen molar-refractivity contribution in [2.75, 3.05) is 0 Å². The zero-order valence-corrected chi connectivity index (χ0v) is 5.66. The summed E-state index contributed by atoms with van der Waals surface area (Å²) in [6.07, 6.45) is 1.64. The topological polar surface area (TPSA) is 29.4 Å². The molecule has 44 valence electrons. The highest BCUT2D eigenvalue weighted by Gasteiger charge is 2.09. The second kappa shape index (κ2) is 1.82. The molecule has 0 N–H and O–H groups in total. The highest BCUT2D eigenvalue weighted by molar-refractivity contribution is 8.04. The monoisotopic (exact) mass is 129 g/mol. The van der Waals surface area contributed by atoms with Crippen LogP contribution in [0.2, 0.25) is 0 Å². The number of allylic oxidation sites excluding steroid dienone is 1. The van der Waals surface area contributed by atoms with Crippen LogP contribution >= 0.6 is 0 Å². The summed E-state index contributed by atoms with van der Waals surface area (Å²) in [5.74, 6) is 0. The van der Waals surface area contributed by atoms with Gasteiger partial charge in [-0.05, 0) is 13.8 Å². The molecule has 1 unspecified atom stereocenters. The van der Waals surface area contributed by atoms with E-state index in [1.165, 1.54) is 0 Å². The number of nitrogens with zero attached hydrogens (tertiary/aromatic N) is 1. The van der Waals surface area contributed by atoms with E-state index in [-0.39, 0.29) is 0 Å². The summed E-state index contributed by atoms with van der Waals surface area (Å²) in [5, 5.41) is 0.711. The van der Waals surface area contributed by atoms with Gasteiger partial charge in [-0.1, -0.05) is 0 Å². The molecule has 0 amide bonds. The summed E-state index contributed by atoms with van der Waals surface area (Å²) >= 11 is 0. The molecule has 2 nitrogen and oxygen atoms in total. The number of hydrogen-bond donors (Lipinski definition) is 0. The maximum atomic E-state index is 10.8. The molecule has 0 radical (unpaired) electrons. The molecule has 0 aromatic carbocycles. The van der Waals surface area contributed by atoms with Crippen molar-refractivity contribution in [3.8, 4) is 0 Å². The minimum absolute atomic E-state index is 0.711. The lowest BCUT2D eigenvalue weighted by Gasteiger charge is -1.86. The first kappa shape index (κ1) is 5.69. The summed E-state index contributed by atoms with van der Waals surface area (Å²) in [6.45, 7) is 3.58. The van der Waals surface area contributed by atoms with E-state index in [1.54, 1.807) is 13.1 Å². The van der Waals surface area contributed by atoms with Gasteiger partial charge in [0.15, 0.2) is 0 Å². The third kappa shape index (κ3) is 0.733. The van der Waals surface area contributed by atoms with Crippen LogP contribution in [0.4, 0.5) is 0 Å². The Hall–Kier alpha value is -0.440. The van der Waals surface area contributed by atoms with E-state index in [9.17, 15) is 4.21 Å². The summed E-state index contributed by atoms with van der Waals surface area (Å²) in [4.78, 5) is 4.70. The predicted molar refractivity (Wildman–Crippen MR) is 35.0 cm³/mol. The van der Waals surface area contributed by atoms with Crippen molar-refractivity contribution in [1.29, 1.82) is 0 Å². The van der Waals surface area contributed by atoms with Gasteiger partial charge in [0.25, 0.3) is 0 Å². The zero-order chi connectivity index (χ0) is 6.15. The van der Waals surface area contributed by atoms with Gasteiger partial charge in [0, 0.05) is 11.1 Å². The van der Waals surface area contributed by atoms with Crippen LogP contribution < -0.4 is 0 Å². The van der Waals surface area contributed by atoms with Gasteiger partial charge < -0.3 is 0 Å². The molecule has 1 rings (SSSR count). The molecule has 0 fully saturated rings. The van der Waals surface area contributed by atoms with E-state index in [0.29, 0.717) is 5.04 Å². The third-order valence-electron chi connectivity index (χ3n) is 0.989. The van der Waals surface area contributed by atoms with Crippen LogP contribution in [-0.2, 0) is 10.8 Å². The Kier molecular flexibility index (Phi) is 1.29. The van der Waals surface area contributed by atoms with Crippen molar-refractivity contribution in [3.05, 3.63) is 11.1 Å². The lowest BCUT2D eigenvalue weighted by Crippen LogP contribution is -1.96. The Morgan fingerprint density at radius 1 is 1.62 bits per heavy atom. The Labute approximate surface area is 50.8 Å². The molecule has 0 spiro atoms. The number of rotatable bonds is 0. The van der Waals surface area contributed by atoms with Gasteiger partial charge in [-0.2, -0.15) is 0 Å². The van der Waals surface area contributed by atoms with Crippen molar-refractivity contribution in [2.45, 2.75) is 13.8 Å². The number of aliphatic imine (C=N–C) groups is 1. The lowest BCUT2D eigenvalue weighted by molar-refractivity contribution is 0.693. The Balaban J connectivity index is 2.92. The minimum Gasteiger partial charge on any atom is -0.251 e. The predicted octanol–water partition coefficient (Wildman–Crippen LogP) is 1.03. The van der Waals surface area contributed by atoms with Gasteiger partial charge in [-0.3, -0.25) is 4.99 Å². The van der Waals surface area contributed by atoms with E-state index < -0.39 is 10.8 Å². The van der Waals surface area contributed by atoms with Gasteiger partial charge in [-0.15, -0.1) is 0 Å². The van der Waals surface area contributed by atoms with Crippen LogP contribution in [0.15, 0.2) is 16.1 Å². The Bertz CT molecular complexity index is 173. The second-order valence-electron chi connectivity index (χ2n) is 1.66. The van der Waals surface area contributed by atoms with Crippen molar-refractivity contribution in [2.24, 2.45) is 4.99 Å². The molecule has 1 atom stereocenters. The van der Waals surface area contributed by atoms with Crippen LogP contribution in [0, 0.1) is 0 Å². The van der Waals surface area contributed by atoms with Crippen molar-refractivity contribution in [1.82, 2.24) is 0 Å². The van der Waals surface area contributed by atoms with E-state index in [1.807, 2.05) is 6.92 Å². The quantitative estimate of drug-likeness (QED) is 0.480. The van der Waals surface area contributed by atoms with Gasteiger partial charge in [-0.25, -0.2) is 4.21 Å². The largest absolute Gasteiger partial charge is 0.251 e. The fourth-order valence-corrected chi connectivity index (χ4v) is 1.27. The van der Waals surface area contributed by atoms with Crippen LogP contribution in [0.3, 0.4) is 0 Å². The number of hydrogen-bond acceptors (Lipinski definition) is 2. The first-order chi connectivity index (χ1) is 3.72. The molecule has 8 heavy (non-hydrogen) atoms. The molecular weight excluding hydrogens is 122 g/mol. The molecular formula is C5H7NOS. The van der Waals surface area contributed by atoms with E-state index in [2.05, 4.69) is 4.99 Å². The Morgan fingerprint density at radius 2 is 2.25 bits per heavy atom. The molecule has 0 bridgehead atoms. The molecule has 0 saturated carbocycles. The first-order valence-electron chi connectivity index (χ1n) is 2.35. The summed E-state index contributed by atoms with van der Waals surface area (Å²) in [6, 6.07) is 0. The highest BCUT2D eigenvalue weighted by atomic mass is 32.2. The second-order valence-corrected chi connectivity index (χ2v) is 3.43. The molecule has 0 aromatic heterocycles. The maximum Gasteiger partial charge on any atom is 0.106 e. The summed E-state index contributed by atoms with van der Waals surface area (Å²) < 4.78 is 10.8. The first-order valence-corrected chi connectivity index (χ1v) is 3.50. The maximum absolute atomic E-state index is 10.8. The van der Waals surface area contributed by atoms with Crippen LogP contribution in [0.25, 0.3) is 0 Å². The van der Waals surface area contributed by atoms with Gasteiger partial charge in [0.05, 0.1) is 10.8 Å². The molecule has 1 aliphatic rings. The van der Waals surface area contributed by atoms with Crippen LogP contribution in [0.1, 0.15) is 13.8 Å². The fourth-order valence-electron chi connectivity index (χ4n) is 0.511. The van der Waals surface area contributed by atoms with Gasteiger partial charge >= 0.3 is 0 Å². The summed E-state index contributed by atoms with van der Waals surface area (Å²) in [5.41, 5.74) is 0. The van der Waals surface area contributed by atoms with Crippen LogP contribution in [-0.4, -0.2) is 9.25 Å². The third-order valence-corrected chi connectivity index (χ3v) is 2.32. The average molecular weight is 129 g/mol. The average Bonchev–Trinajstić information content (AvgIpc) is 1.98. The van der Waals surface area contributed by atoms with Crippen LogP contribution in [0.5, 0.6) is 0 Å². The molecule has 1 heterocycles. The highest BCUT2D eigenvalue weighted by Crippen LogP contribution is 2.09. The molecule has 3 heteroatoms. The van der Waals surface area contributed by atoms with E-state index >= 15 is 0 Å². The molecule has 0 saturated heterocycles. The van der Waals surface area contributed by atoms with Crippen molar-refractivity contribution < 1.29 is 4.21 Å². The lowest BCUT2D eigenvalue weighted by atomic mass is 10.7. The molecule has 0 aromatic rings. The summed E-state index contributed by atoms with van der Waals surface area (Å²) in [7, 11) is -0.901. The Morgan fingerprint density at radius 3 is 2.38 bits per heavy atom. The molecule has 1 aliphatic heterocycles. The van der Waals surface area contributed by atoms with E-state index in [0.717, 1.165) is 4.91 Å². The van der Waals surface area contributed by atoms with Gasteiger partial charge in [0.2, 0.25) is 0 Å². The smallest absolute Gasteiger partial charge is 0.106 e. The zero-order valence-electron chi connectivity index (χ0n) is 4.84. The van der Waals surface area contributed by atoms with Crippen molar-refractivity contribution >= 4 is 15.8 Å². The SMILES string of the molecule is CC1=CN=C(C)S1=O.